The van der Waals surface area contributed by atoms with Gasteiger partial charge in [0.15, 0.2) is 9.84 Å². The second-order valence-corrected chi connectivity index (χ2v) is 13.2. The van der Waals surface area contributed by atoms with Gasteiger partial charge < -0.3 is 15.3 Å². The lowest BCUT2D eigenvalue weighted by Crippen LogP contribution is -2.53. The summed E-state index contributed by atoms with van der Waals surface area (Å²) < 4.78 is 120. The van der Waals surface area contributed by atoms with Crippen LogP contribution in [0, 0.1) is 11.7 Å². The summed E-state index contributed by atoms with van der Waals surface area (Å²) in [6.07, 6.45) is -11.8. The molecule has 43 heavy (non-hydrogen) atoms. The second-order valence-electron chi connectivity index (χ2n) is 11.0. The lowest BCUT2D eigenvalue weighted by molar-refractivity contribution is -0.376. The predicted octanol–water partition coefficient (Wildman–Crippen LogP) is 4.73. The molecule has 2 fully saturated rings. The largest absolute Gasteiger partial charge is 0.430 e. The summed E-state index contributed by atoms with van der Waals surface area (Å²) in [5, 5.41) is 12.6. The van der Waals surface area contributed by atoms with Crippen LogP contribution in [-0.4, -0.2) is 61.7 Å². The minimum Gasteiger partial charge on any atom is -0.369 e. The lowest BCUT2D eigenvalue weighted by Gasteiger charge is -2.34. The Bertz CT molecular complexity index is 1440. The van der Waals surface area contributed by atoms with Crippen molar-refractivity contribution in [1.29, 1.82) is 0 Å². The van der Waals surface area contributed by atoms with E-state index in [-0.39, 0.29) is 41.5 Å². The van der Waals surface area contributed by atoms with Crippen LogP contribution in [0.25, 0.3) is 0 Å². The number of hydrogen-bond donors (Lipinski definition) is 2. The van der Waals surface area contributed by atoms with Crippen molar-refractivity contribution in [3.63, 3.8) is 0 Å². The van der Waals surface area contributed by atoms with Crippen molar-refractivity contribution in [3.05, 3.63) is 65.5 Å². The van der Waals surface area contributed by atoms with Crippen molar-refractivity contribution >= 4 is 21.7 Å². The predicted molar refractivity (Wildman–Crippen MR) is 138 cm³/mol. The Kier molecular flexibility index (Phi) is 8.66. The Balaban J connectivity index is 1.68. The van der Waals surface area contributed by atoms with Crippen LogP contribution in [0.1, 0.15) is 50.2 Å². The molecule has 1 aliphatic heterocycles. The van der Waals surface area contributed by atoms with E-state index in [1.807, 2.05) is 0 Å². The zero-order valence-electron chi connectivity index (χ0n) is 22.8. The molecule has 1 saturated heterocycles. The molecule has 2 aromatic rings. The molecule has 7 nitrogen and oxygen atoms in total. The third kappa shape index (κ3) is 5.85. The van der Waals surface area contributed by atoms with E-state index in [1.54, 1.807) is 4.90 Å². The normalized spacial score (nSPS) is 22.4. The molecule has 2 aliphatic rings. The molecule has 0 bridgehead atoms. The summed E-state index contributed by atoms with van der Waals surface area (Å²) in [5.41, 5.74) is -6.91. The molecule has 15 heteroatoms. The molecule has 1 heterocycles. The number of hydrogen-bond acceptors (Lipinski definition) is 5. The second kappa shape index (κ2) is 11.4. The Morgan fingerprint density at radius 2 is 1.44 bits per heavy atom. The molecule has 0 aromatic heterocycles. The van der Waals surface area contributed by atoms with Crippen LogP contribution in [0.5, 0.6) is 0 Å². The number of nitrogens with one attached hydrogen (secondary N) is 1. The summed E-state index contributed by atoms with van der Waals surface area (Å²) in [5.74, 6) is -1.66. The average molecular weight is 639 g/mol. The van der Waals surface area contributed by atoms with Crippen molar-refractivity contribution in [2.45, 2.75) is 72.7 Å². The molecule has 2 amide bonds. The SMILES string of the molecule is CC(=O)N1CCC(C(=O)NC2CCC(c3ccc(C(O)(C(F)(F)F)C(F)(F)F)cc3)(S(=O)(=O)c3ccc(F)cc3)C2)CC1. The smallest absolute Gasteiger partial charge is 0.369 e. The number of amides is 2. The Morgan fingerprint density at radius 1 is 0.907 bits per heavy atom. The van der Waals surface area contributed by atoms with Gasteiger partial charge in [-0.05, 0) is 61.9 Å². The van der Waals surface area contributed by atoms with E-state index in [0.717, 1.165) is 36.4 Å². The van der Waals surface area contributed by atoms with Crippen molar-refractivity contribution in [1.82, 2.24) is 10.2 Å². The van der Waals surface area contributed by atoms with E-state index < -0.39 is 55.9 Å². The molecule has 2 N–H and O–H groups in total. The topological polar surface area (TPSA) is 104 Å². The molecule has 4 rings (SSSR count). The quantitative estimate of drug-likeness (QED) is 0.352. The Labute approximate surface area is 243 Å². The molecule has 1 aliphatic carbocycles. The molecular weight excluding hydrogens is 609 g/mol. The van der Waals surface area contributed by atoms with E-state index in [0.29, 0.717) is 38.1 Å². The van der Waals surface area contributed by atoms with E-state index >= 15 is 0 Å². The van der Waals surface area contributed by atoms with Gasteiger partial charge in [-0.15, -0.1) is 0 Å². The number of rotatable bonds is 6. The number of aliphatic hydroxyl groups is 1. The summed E-state index contributed by atoms with van der Waals surface area (Å²) in [7, 11) is -4.45. The highest BCUT2D eigenvalue weighted by Gasteiger charge is 2.71. The highest BCUT2D eigenvalue weighted by atomic mass is 32.2. The summed E-state index contributed by atoms with van der Waals surface area (Å²) in [6.45, 7) is 2.16. The molecule has 236 valence electrons. The van der Waals surface area contributed by atoms with Gasteiger partial charge in [-0.25, -0.2) is 12.8 Å². The number of carbonyl (C=O) groups is 2. The van der Waals surface area contributed by atoms with Gasteiger partial charge in [-0.1, -0.05) is 24.3 Å². The summed E-state index contributed by atoms with van der Waals surface area (Å²) in [6, 6.07) is 5.43. The number of piperidine rings is 1. The number of sulfone groups is 1. The van der Waals surface area contributed by atoms with Crippen molar-refractivity contribution < 1.29 is 53.8 Å². The fraction of sp³-hybridized carbons (Fsp3) is 0.500. The monoisotopic (exact) mass is 638 g/mol. The van der Waals surface area contributed by atoms with Crippen LogP contribution in [0.2, 0.25) is 0 Å². The minimum absolute atomic E-state index is 0.106. The number of likely N-dealkylation sites (tertiary alicyclic amines) is 1. The first kappa shape index (κ1) is 32.7. The van der Waals surface area contributed by atoms with Gasteiger partial charge in [0.25, 0.3) is 5.60 Å². The van der Waals surface area contributed by atoms with Gasteiger partial charge in [0.2, 0.25) is 11.8 Å². The maximum Gasteiger partial charge on any atom is 0.430 e. The number of carbonyl (C=O) groups excluding carboxylic acids is 2. The standard InChI is InChI=1S/C28H29F7N2O5S/c1-17(38)37-14-11-18(12-15-37)24(39)36-22-10-13-25(16-22,43(41,42)23-8-6-21(29)7-9-23)19-2-4-20(5-3-19)26(40,27(30,31)32)28(33,34)35/h2-9,18,22,40H,10-16H2,1H3,(H,36,39). The maximum absolute atomic E-state index is 14.0. The molecule has 1 saturated carbocycles. The van der Waals surface area contributed by atoms with E-state index in [2.05, 4.69) is 5.32 Å². The highest BCUT2D eigenvalue weighted by molar-refractivity contribution is 7.92. The first-order valence-electron chi connectivity index (χ1n) is 13.4. The first-order chi connectivity index (χ1) is 19.8. The van der Waals surface area contributed by atoms with Gasteiger partial charge >= 0.3 is 12.4 Å². The van der Waals surface area contributed by atoms with Crippen LogP contribution in [0.15, 0.2) is 53.4 Å². The van der Waals surface area contributed by atoms with Gasteiger partial charge in [0.1, 0.15) is 10.6 Å². The van der Waals surface area contributed by atoms with Crippen LogP contribution in [-0.2, 0) is 29.8 Å². The Morgan fingerprint density at radius 3 is 1.93 bits per heavy atom. The zero-order chi connectivity index (χ0) is 32.0. The lowest BCUT2D eigenvalue weighted by atomic mass is 9.88. The van der Waals surface area contributed by atoms with Gasteiger partial charge in [0.05, 0.1) is 4.90 Å². The van der Waals surface area contributed by atoms with Crippen molar-refractivity contribution in [2.75, 3.05) is 13.1 Å². The zero-order valence-corrected chi connectivity index (χ0v) is 23.6. The summed E-state index contributed by atoms with van der Waals surface area (Å²) >= 11 is 0. The van der Waals surface area contributed by atoms with E-state index in [9.17, 15) is 53.8 Å². The van der Waals surface area contributed by atoms with Gasteiger partial charge in [-0.2, -0.15) is 26.3 Å². The number of benzene rings is 2. The highest BCUT2D eigenvalue weighted by Crippen LogP contribution is 2.52. The van der Waals surface area contributed by atoms with E-state index in [4.69, 9.17) is 0 Å². The molecule has 2 atom stereocenters. The van der Waals surface area contributed by atoms with E-state index in [1.165, 1.54) is 6.92 Å². The van der Waals surface area contributed by atoms with Crippen LogP contribution in [0.4, 0.5) is 30.7 Å². The molecule has 2 unspecified atom stereocenters. The molecular formula is C28H29F7N2O5S. The van der Waals surface area contributed by atoms with Crippen molar-refractivity contribution in [3.8, 4) is 0 Å². The molecule has 0 spiro atoms. The minimum atomic E-state index is -6.13. The maximum atomic E-state index is 14.0. The third-order valence-corrected chi connectivity index (χ3v) is 10.9. The number of nitrogens with zero attached hydrogens (tertiary/aromatic N) is 1. The third-order valence-electron chi connectivity index (χ3n) is 8.42. The average Bonchev–Trinajstić information content (AvgIpc) is 3.37. The van der Waals surface area contributed by atoms with Gasteiger partial charge in [-0.3, -0.25) is 9.59 Å². The Hall–Kier alpha value is -3.20. The van der Waals surface area contributed by atoms with Crippen LogP contribution in [0.3, 0.4) is 0 Å². The first-order valence-corrected chi connectivity index (χ1v) is 14.8. The number of halogens is 7. The number of alkyl halides is 6. The van der Waals surface area contributed by atoms with Crippen molar-refractivity contribution in [2.24, 2.45) is 5.92 Å². The molecule has 2 aromatic carbocycles. The van der Waals surface area contributed by atoms with Crippen LogP contribution >= 0.6 is 0 Å². The molecule has 0 radical (unpaired) electrons. The van der Waals surface area contributed by atoms with Gasteiger partial charge in [0, 0.05) is 37.5 Å². The van der Waals surface area contributed by atoms with Crippen LogP contribution < -0.4 is 5.32 Å². The summed E-state index contributed by atoms with van der Waals surface area (Å²) in [4.78, 5) is 25.9. The fourth-order valence-electron chi connectivity index (χ4n) is 5.91. The fourth-order valence-corrected chi connectivity index (χ4v) is 8.11.